The van der Waals surface area contributed by atoms with Crippen LogP contribution in [0.4, 0.5) is 5.69 Å². The molecule has 0 saturated heterocycles. The Bertz CT molecular complexity index is 882. The van der Waals surface area contributed by atoms with E-state index in [0.717, 1.165) is 12.0 Å². The lowest BCUT2D eigenvalue weighted by atomic mass is 10.2. The second-order valence-electron chi connectivity index (χ2n) is 5.35. The van der Waals surface area contributed by atoms with E-state index in [9.17, 15) is 8.42 Å². The zero-order chi connectivity index (χ0) is 17.2. The van der Waals surface area contributed by atoms with Gasteiger partial charge >= 0.3 is 0 Å². The summed E-state index contributed by atoms with van der Waals surface area (Å²) < 4.78 is 29.0. The standard InChI is InChI=1S/C17H17ClN2O2S2/c1-2-11-20-15-9-5-6-10-16(15)24(21,22)19-17(20)23-12-13-7-3-4-8-14(13)18/h3-10H,2,11-12H2,1H3. The number of sulfonamides is 1. The Balaban J connectivity index is 1.94. The van der Waals surface area contributed by atoms with Gasteiger partial charge in [0.25, 0.3) is 10.0 Å². The number of hydrogen-bond acceptors (Lipinski definition) is 4. The van der Waals surface area contributed by atoms with Crippen molar-refractivity contribution < 1.29 is 8.42 Å². The van der Waals surface area contributed by atoms with Gasteiger partial charge in [-0.05, 0) is 30.2 Å². The SMILES string of the molecule is CCCN1C(SCc2ccccc2Cl)=NS(=O)(=O)c2ccccc21. The molecule has 2 aromatic carbocycles. The van der Waals surface area contributed by atoms with Crippen LogP contribution in [0.15, 0.2) is 57.8 Å². The normalized spacial score (nSPS) is 15.8. The van der Waals surface area contributed by atoms with Gasteiger partial charge in [0.05, 0.1) is 5.69 Å². The third-order valence-corrected chi connectivity index (χ3v) is 6.45. The Hall–Kier alpha value is -1.50. The second-order valence-corrected chi connectivity index (χ2v) is 8.27. The molecule has 0 aliphatic carbocycles. The lowest BCUT2D eigenvalue weighted by Gasteiger charge is -2.30. The second kappa shape index (κ2) is 7.17. The largest absolute Gasteiger partial charge is 0.319 e. The number of halogens is 1. The van der Waals surface area contributed by atoms with Crippen LogP contribution in [0.3, 0.4) is 0 Å². The molecule has 4 nitrogen and oxygen atoms in total. The van der Waals surface area contributed by atoms with Gasteiger partial charge < -0.3 is 4.90 Å². The van der Waals surface area contributed by atoms with E-state index in [0.29, 0.717) is 28.2 Å². The molecule has 1 heterocycles. The van der Waals surface area contributed by atoms with Gasteiger partial charge in [-0.15, -0.1) is 4.40 Å². The summed E-state index contributed by atoms with van der Waals surface area (Å²) in [5.41, 5.74) is 1.65. The van der Waals surface area contributed by atoms with Crippen molar-refractivity contribution in [3.63, 3.8) is 0 Å². The number of rotatable bonds is 4. The molecule has 0 fully saturated rings. The third-order valence-electron chi connectivity index (χ3n) is 3.62. The van der Waals surface area contributed by atoms with E-state index in [2.05, 4.69) is 11.3 Å². The van der Waals surface area contributed by atoms with Gasteiger partial charge in [0.1, 0.15) is 4.90 Å². The summed E-state index contributed by atoms with van der Waals surface area (Å²) in [6, 6.07) is 14.6. The molecule has 0 spiro atoms. The van der Waals surface area contributed by atoms with E-state index in [-0.39, 0.29) is 4.90 Å². The molecule has 0 saturated carbocycles. The van der Waals surface area contributed by atoms with E-state index in [1.807, 2.05) is 41.3 Å². The number of thioether (sulfide) groups is 1. The molecule has 3 rings (SSSR count). The van der Waals surface area contributed by atoms with Gasteiger partial charge in [-0.1, -0.05) is 60.6 Å². The smallest absolute Gasteiger partial charge is 0.286 e. The van der Waals surface area contributed by atoms with Crippen molar-refractivity contribution >= 4 is 44.2 Å². The topological polar surface area (TPSA) is 49.7 Å². The lowest BCUT2D eigenvalue weighted by molar-refractivity contribution is 0.597. The van der Waals surface area contributed by atoms with Crippen molar-refractivity contribution in [2.24, 2.45) is 4.40 Å². The minimum atomic E-state index is -3.66. The first-order chi connectivity index (χ1) is 11.5. The van der Waals surface area contributed by atoms with Crippen LogP contribution >= 0.6 is 23.4 Å². The van der Waals surface area contributed by atoms with Crippen LogP contribution in [0.1, 0.15) is 18.9 Å². The zero-order valence-electron chi connectivity index (χ0n) is 13.1. The fourth-order valence-electron chi connectivity index (χ4n) is 2.50. The van der Waals surface area contributed by atoms with Crippen LogP contribution in [-0.2, 0) is 15.8 Å². The molecule has 0 N–H and O–H groups in total. The molecule has 2 aromatic rings. The Morgan fingerprint density at radius 3 is 2.58 bits per heavy atom. The van der Waals surface area contributed by atoms with Gasteiger partial charge in [0.15, 0.2) is 5.17 Å². The first-order valence-corrected chi connectivity index (χ1v) is 10.4. The molecular weight excluding hydrogens is 364 g/mol. The maximum atomic E-state index is 12.5. The van der Waals surface area contributed by atoms with E-state index in [1.165, 1.54) is 11.8 Å². The maximum absolute atomic E-state index is 12.5. The molecule has 7 heteroatoms. The van der Waals surface area contributed by atoms with Gasteiger partial charge in [-0.3, -0.25) is 0 Å². The summed E-state index contributed by atoms with van der Waals surface area (Å²) in [7, 11) is -3.66. The number of hydrogen-bond donors (Lipinski definition) is 0. The highest BCUT2D eigenvalue weighted by Crippen LogP contribution is 2.35. The molecule has 0 radical (unpaired) electrons. The van der Waals surface area contributed by atoms with Crippen molar-refractivity contribution in [3.8, 4) is 0 Å². The molecular formula is C17H17ClN2O2S2. The van der Waals surface area contributed by atoms with Crippen LogP contribution in [0.5, 0.6) is 0 Å². The lowest BCUT2D eigenvalue weighted by Crippen LogP contribution is -2.34. The minimum Gasteiger partial charge on any atom is -0.319 e. The summed E-state index contributed by atoms with van der Waals surface area (Å²) in [5.74, 6) is 0.566. The molecule has 0 amide bonds. The number of fused-ring (bicyclic) bond motifs is 1. The first-order valence-electron chi connectivity index (χ1n) is 7.60. The average Bonchev–Trinajstić information content (AvgIpc) is 2.57. The summed E-state index contributed by atoms with van der Waals surface area (Å²) in [6.07, 6.45) is 0.889. The minimum absolute atomic E-state index is 0.264. The number of amidine groups is 1. The van der Waals surface area contributed by atoms with Crippen molar-refractivity contribution in [3.05, 3.63) is 59.1 Å². The number of para-hydroxylation sites is 1. The summed E-state index contributed by atoms with van der Waals surface area (Å²) >= 11 is 7.58. The highest BCUT2D eigenvalue weighted by molar-refractivity contribution is 8.14. The van der Waals surface area contributed by atoms with E-state index < -0.39 is 10.0 Å². The molecule has 24 heavy (non-hydrogen) atoms. The highest BCUT2D eigenvalue weighted by atomic mass is 35.5. The number of benzene rings is 2. The van der Waals surface area contributed by atoms with E-state index in [1.54, 1.807) is 12.1 Å². The fraction of sp³-hybridized carbons (Fsp3) is 0.235. The predicted octanol–water partition coefficient (Wildman–Crippen LogP) is 4.55. The maximum Gasteiger partial charge on any atom is 0.286 e. The Morgan fingerprint density at radius 2 is 1.83 bits per heavy atom. The summed E-state index contributed by atoms with van der Waals surface area (Å²) in [6.45, 7) is 2.77. The molecule has 126 valence electrons. The number of nitrogens with zero attached hydrogens (tertiary/aromatic N) is 2. The first kappa shape index (κ1) is 17.3. The van der Waals surface area contributed by atoms with Gasteiger partial charge in [0, 0.05) is 17.3 Å². The van der Waals surface area contributed by atoms with Crippen molar-refractivity contribution in [1.82, 2.24) is 0 Å². The van der Waals surface area contributed by atoms with Gasteiger partial charge in [0.2, 0.25) is 0 Å². The fourth-order valence-corrected chi connectivity index (χ4v) is 5.27. The summed E-state index contributed by atoms with van der Waals surface area (Å²) in [4.78, 5) is 2.23. The van der Waals surface area contributed by atoms with Crippen molar-refractivity contribution in [2.45, 2.75) is 24.0 Å². The Morgan fingerprint density at radius 1 is 1.12 bits per heavy atom. The zero-order valence-corrected chi connectivity index (χ0v) is 15.5. The van der Waals surface area contributed by atoms with Crippen molar-refractivity contribution in [2.75, 3.05) is 11.4 Å². The van der Waals surface area contributed by atoms with Crippen LogP contribution in [0, 0.1) is 0 Å². The van der Waals surface area contributed by atoms with Crippen LogP contribution in [0.25, 0.3) is 0 Å². The molecule has 0 bridgehead atoms. The van der Waals surface area contributed by atoms with Crippen molar-refractivity contribution in [1.29, 1.82) is 0 Å². The van der Waals surface area contributed by atoms with Crippen LogP contribution in [-0.4, -0.2) is 20.1 Å². The van der Waals surface area contributed by atoms with Gasteiger partial charge in [-0.2, -0.15) is 8.42 Å². The molecule has 0 unspecified atom stereocenters. The van der Waals surface area contributed by atoms with E-state index in [4.69, 9.17) is 11.6 Å². The predicted molar refractivity (Wildman–Crippen MR) is 101 cm³/mol. The molecule has 0 aromatic heterocycles. The van der Waals surface area contributed by atoms with E-state index >= 15 is 0 Å². The Kier molecular flexibility index (Phi) is 5.18. The molecule has 1 aliphatic heterocycles. The van der Waals surface area contributed by atoms with Crippen LogP contribution < -0.4 is 4.90 Å². The quantitative estimate of drug-likeness (QED) is 0.780. The molecule has 0 atom stereocenters. The highest BCUT2D eigenvalue weighted by Gasteiger charge is 2.30. The van der Waals surface area contributed by atoms with Gasteiger partial charge in [-0.25, -0.2) is 0 Å². The molecule has 1 aliphatic rings. The average molecular weight is 381 g/mol. The summed E-state index contributed by atoms with van der Waals surface area (Å²) in [5, 5.41) is 1.17. The number of anilines is 1. The van der Waals surface area contributed by atoms with Crippen LogP contribution in [0.2, 0.25) is 5.02 Å². The Labute approximate surface area is 151 Å². The monoisotopic (exact) mass is 380 g/mol. The third kappa shape index (κ3) is 3.45.